The van der Waals surface area contributed by atoms with Crippen molar-refractivity contribution < 1.29 is 4.52 Å². The second-order valence-electron chi connectivity index (χ2n) is 6.13. The summed E-state index contributed by atoms with van der Waals surface area (Å²) in [5.41, 5.74) is 10.9. The van der Waals surface area contributed by atoms with E-state index < -0.39 is 0 Å². The molecule has 0 unspecified atom stereocenters. The Labute approximate surface area is 142 Å². The van der Waals surface area contributed by atoms with Crippen LogP contribution in [0.15, 0.2) is 47.0 Å². The number of benzene rings is 2. The molecule has 0 aliphatic heterocycles. The summed E-state index contributed by atoms with van der Waals surface area (Å²) in [5.74, 6) is 1.55. The average Bonchev–Trinajstić information content (AvgIpc) is 3.04. The minimum absolute atomic E-state index is 0.472. The van der Waals surface area contributed by atoms with Crippen LogP contribution in [-0.2, 0) is 0 Å². The van der Waals surface area contributed by atoms with E-state index in [0.29, 0.717) is 17.6 Å². The fourth-order valence-corrected chi connectivity index (χ4v) is 2.47. The zero-order valence-corrected chi connectivity index (χ0v) is 14.2. The third-order valence-corrected chi connectivity index (χ3v) is 4.08. The highest BCUT2D eigenvalue weighted by molar-refractivity contribution is 5.70. The summed E-state index contributed by atoms with van der Waals surface area (Å²) in [5, 5.41) is 4.05. The molecule has 24 heavy (non-hydrogen) atoms. The largest absolute Gasteiger partial charge is 0.398 e. The first-order valence-electron chi connectivity index (χ1n) is 8.02. The van der Waals surface area contributed by atoms with Crippen LogP contribution in [0.4, 0.5) is 5.69 Å². The van der Waals surface area contributed by atoms with Crippen molar-refractivity contribution in [2.24, 2.45) is 0 Å². The van der Waals surface area contributed by atoms with E-state index in [1.807, 2.05) is 37.3 Å². The molecule has 4 nitrogen and oxygen atoms in total. The van der Waals surface area contributed by atoms with Gasteiger partial charge in [0.15, 0.2) is 0 Å². The summed E-state index contributed by atoms with van der Waals surface area (Å²) in [7, 11) is 0. The van der Waals surface area contributed by atoms with Crippen molar-refractivity contribution in [1.29, 1.82) is 0 Å². The lowest BCUT2D eigenvalue weighted by atomic mass is 10.0. The lowest BCUT2D eigenvalue weighted by Crippen LogP contribution is -1.92. The van der Waals surface area contributed by atoms with Gasteiger partial charge in [-0.25, -0.2) is 0 Å². The Kier molecular flexibility index (Phi) is 4.47. The lowest BCUT2D eigenvalue weighted by Gasteiger charge is -2.04. The van der Waals surface area contributed by atoms with E-state index >= 15 is 0 Å². The van der Waals surface area contributed by atoms with Crippen LogP contribution in [-0.4, -0.2) is 10.1 Å². The Morgan fingerprint density at radius 1 is 1.04 bits per heavy atom. The number of aromatic nitrogens is 2. The number of anilines is 1. The number of hydrogen-bond donors (Lipinski definition) is 1. The summed E-state index contributed by atoms with van der Waals surface area (Å²) in [6.07, 6.45) is 3.79. The molecule has 1 heterocycles. The second-order valence-corrected chi connectivity index (χ2v) is 6.13. The number of rotatable bonds is 4. The quantitative estimate of drug-likeness (QED) is 0.693. The molecule has 122 valence electrons. The molecule has 0 atom stereocenters. The van der Waals surface area contributed by atoms with Gasteiger partial charge in [0.1, 0.15) is 0 Å². The van der Waals surface area contributed by atoms with Crippen molar-refractivity contribution in [3.63, 3.8) is 0 Å². The van der Waals surface area contributed by atoms with E-state index in [1.165, 1.54) is 5.56 Å². The molecule has 0 amide bonds. The van der Waals surface area contributed by atoms with Crippen LogP contribution in [0, 0.1) is 6.92 Å². The standard InChI is InChI=1S/C20H21N3O/c1-13(2)16-10-7-15(8-11-16)9-12-19-22-20(23-24-19)17-5-4-6-18(21)14(17)3/h4-13H,21H2,1-3H3/b12-9-. The fraction of sp³-hybridized carbons (Fsp3) is 0.200. The smallest absolute Gasteiger partial charge is 0.250 e. The van der Waals surface area contributed by atoms with Crippen molar-refractivity contribution in [2.45, 2.75) is 26.7 Å². The zero-order chi connectivity index (χ0) is 17.1. The molecule has 0 spiro atoms. The molecule has 2 N–H and O–H groups in total. The molecule has 3 rings (SSSR count). The average molecular weight is 319 g/mol. The molecule has 0 saturated carbocycles. The molecule has 1 aromatic heterocycles. The summed E-state index contributed by atoms with van der Waals surface area (Å²) in [6, 6.07) is 14.1. The second kappa shape index (κ2) is 6.71. The van der Waals surface area contributed by atoms with Crippen LogP contribution in [0.3, 0.4) is 0 Å². The van der Waals surface area contributed by atoms with Gasteiger partial charge in [-0.05, 0) is 41.7 Å². The predicted molar refractivity (Wildman–Crippen MR) is 98.3 cm³/mol. The molecule has 0 radical (unpaired) electrons. The van der Waals surface area contributed by atoms with Gasteiger partial charge < -0.3 is 10.3 Å². The molecular weight excluding hydrogens is 298 g/mol. The van der Waals surface area contributed by atoms with Crippen LogP contribution in [0.2, 0.25) is 0 Å². The van der Waals surface area contributed by atoms with Crippen LogP contribution in [0.1, 0.15) is 42.3 Å². The minimum atomic E-state index is 0.472. The first-order valence-corrected chi connectivity index (χ1v) is 8.02. The minimum Gasteiger partial charge on any atom is -0.398 e. The van der Waals surface area contributed by atoms with Crippen molar-refractivity contribution in [1.82, 2.24) is 10.1 Å². The zero-order valence-electron chi connectivity index (χ0n) is 14.2. The molecular formula is C20H21N3O. The maximum atomic E-state index is 5.93. The normalized spacial score (nSPS) is 11.5. The predicted octanol–water partition coefficient (Wildman–Crippen LogP) is 4.92. The first kappa shape index (κ1) is 16.0. The van der Waals surface area contributed by atoms with E-state index in [2.05, 4.69) is 48.3 Å². The highest BCUT2D eigenvalue weighted by Gasteiger charge is 2.10. The van der Waals surface area contributed by atoms with E-state index in [0.717, 1.165) is 22.4 Å². The molecule has 0 fully saturated rings. The van der Waals surface area contributed by atoms with Gasteiger partial charge in [-0.15, -0.1) is 0 Å². The third kappa shape index (κ3) is 3.38. The van der Waals surface area contributed by atoms with Gasteiger partial charge in [-0.2, -0.15) is 4.98 Å². The Bertz CT molecular complexity index is 861. The van der Waals surface area contributed by atoms with E-state index in [-0.39, 0.29) is 0 Å². The number of nitrogen functional groups attached to an aromatic ring is 1. The van der Waals surface area contributed by atoms with Gasteiger partial charge >= 0.3 is 0 Å². The third-order valence-electron chi connectivity index (χ3n) is 4.08. The molecule has 0 aliphatic rings. The fourth-order valence-electron chi connectivity index (χ4n) is 2.47. The molecule has 4 heteroatoms. The first-order chi connectivity index (χ1) is 11.5. The summed E-state index contributed by atoms with van der Waals surface area (Å²) >= 11 is 0. The topological polar surface area (TPSA) is 64.9 Å². The molecule has 0 saturated heterocycles. The van der Waals surface area contributed by atoms with Crippen LogP contribution in [0.5, 0.6) is 0 Å². The molecule has 0 bridgehead atoms. The molecule has 2 aromatic carbocycles. The van der Waals surface area contributed by atoms with Crippen molar-refractivity contribution in [3.8, 4) is 11.4 Å². The SMILES string of the molecule is Cc1c(N)cccc1-c1noc(/C=C\c2ccc(C(C)C)cc2)n1. The van der Waals surface area contributed by atoms with E-state index in [1.54, 1.807) is 0 Å². The Morgan fingerprint density at radius 3 is 2.50 bits per heavy atom. The maximum Gasteiger partial charge on any atom is 0.250 e. The Morgan fingerprint density at radius 2 is 1.79 bits per heavy atom. The van der Waals surface area contributed by atoms with Gasteiger partial charge in [-0.3, -0.25) is 0 Å². The summed E-state index contributed by atoms with van der Waals surface area (Å²) in [4.78, 5) is 4.42. The van der Waals surface area contributed by atoms with E-state index in [9.17, 15) is 0 Å². The number of nitrogens with zero attached hydrogens (tertiary/aromatic N) is 2. The van der Waals surface area contributed by atoms with Crippen LogP contribution in [0.25, 0.3) is 23.5 Å². The number of nitrogens with two attached hydrogens (primary N) is 1. The van der Waals surface area contributed by atoms with Gasteiger partial charge in [0.25, 0.3) is 5.89 Å². The molecule has 3 aromatic rings. The summed E-state index contributed by atoms with van der Waals surface area (Å²) < 4.78 is 5.31. The van der Waals surface area contributed by atoms with Crippen molar-refractivity contribution in [3.05, 3.63) is 65.0 Å². The van der Waals surface area contributed by atoms with Gasteiger partial charge in [0.05, 0.1) is 0 Å². The summed E-state index contributed by atoms with van der Waals surface area (Å²) in [6.45, 7) is 6.32. The Balaban J connectivity index is 1.79. The van der Waals surface area contributed by atoms with Crippen LogP contribution >= 0.6 is 0 Å². The van der Waals surface area contributed by atoms with E-state index in [4.69, 9.17) is 10.3 Å². The van der Waals surface area contributed by atoms with Gasteiger partial charge in [0, 0.05) is 17.3 Å². The van der Waals surface area contributed by atoms with Crippen molar-refractivity contribution >= 4 is 17.8 Å². The highest BCUT2D eigenvalue weighted by atomic mass is 16.5. The highest BCUT2D eigenvalue weighted by Crippen LogP contribution is 2.25. The lowest BCUT2D eigenvalue weighted by molar-refractivity contribution is 0.411. The maximum absolute atomic E-state index is 5.93. The monoisotopic (exact) mass is 319 g/mol. The van der Waals surface area contributed by atoms with Crippen LogP contribution < -0.4 is 5.73 Å². The van der Waals surface area contributed by atoms with Gasteiger partial charge in [0.2, 0.25) is 5.82 Å². The molecule has 0 aliphatic carbocycles. The van der Waals surface area contributed by atoms with Gasteiger partial charge in [-0.1, -0.05) is 55.4 Å². The van der Waals surface area contributed by atoms with Crippen molar-refractivity contribution in [2.75, 3.05) is 5.73 Å². The Hall–Kier alpha value is -2.88. The number of hydrogen-bond acceptors (Lipinski definition) is 4.